The molecule has 1 heterocycles. The third-order valence-corrected chi connectivity index (χ3v) is 4.36. The van der Waals surface area contributed by atoms with E-state index >= 15 is 0 Å². The highest BCUT2D eigenvalue weighted by Crippen LogP contribution is 2.30. The molecular weight excluding hydrogens is 250 g/mol. The zero-order valence-electron chi connectivity index (χ0n) is 9.72. The number of nitrogens with zero attached hydrogens (tertiary/aromatic N) is 1. The molecule has 0 aliphatic heterocycles. The minimum Gasteiger partial charge on any atom is -0.507 e. The molecule has 0 bridgehead atoms. The fraction of sp³-hybridized carbons (Fsp3) is 0.308. The van der Waals surface area contributed by atoms with Gasteiger partial charge in [-0.1, -0.05) is 19.1 Å². The van der Waals surface area contributed by atoms with Crippen molar-refractivity contribution in [3.8, 4) is 5.75 Å². The summed E-state index contributed by atoms with van der Waals surface area (Å²) < 4.78 is 0. The highest BCUT2D eigenvalue weighted by Gasteiger charge is 2.04. The molecule has 0 aliphatic carbocycles. The van der Waals surface area contributed by atoms with Crippen molar-refractivity contribution >= 4 is 23.1 Å². The first-order valence-electron chi connectivity index (χ1n) is 5.63. The molecule has 2 rings (SSSR count). The van der Waals surface area contributed by atoms with Crippen molar-refractivity contribution in [3.63, 3.8) is 0 Å². The number of hydrogen-bond donors (Lipinski definition) is 1. The monoisotopic (exact) mass is 265 g/mol. The van der Waals surface area contributed by atoms with Crippen molar-refractivity contribution in [2.24, 2.45) is 0 Å². The fourth-order valence-corrected chi connectivity index (χ4v) is 3.32. The van der Waals surface area contributed by atoms with Gasteiger partial charge in [-0.25, -0.2) is 4.98 Å². The Bertz CT molecular complexity index is 482. The SMILES string of the molecule is CCCc1nc(CSc2ccccc2O)cs1. The molecule has 1 aromatic carbocycles. The van der Waals surface area contributed by atoms with E-state index in [2.05, 4.69) is 17.3 Å². The lowest BCUT2D eigenvalue weighted by Gasteiger charge is -2.01. The van der Waals surface area contributed by atoms with Crippen molar-refractivity contribution in [1.29, 1.82) is 0 Å². The molecule has 4 heteroatoms. The van der Waals surface area contributed by atoms with Crippen LogP contribution in [0, 0.1) is 0 Å². The van der Waals surface area contributed by atoms with Gasteiger partial charge in [0, 0.05) is 16.0 Å². The molecule has 0 unspecified atom stereocenters. The van der Waals surface area contributed by atoms with Crippen LogP contribution >= 0.6 is 23.1 Å². The van der Waals surface area contributed by atoms with Gasteiger partial charge in [-0.2, -0.15) is 0 Å². The lowest BCUT2D eigenvalue weighted by molar-refractivity contribution is 0.462. The Hall–Kier alpha value is -1.00. The highest BCUT2D eigenvalue weighted by molar-refractivity contribution is 7.98. The maximum Gasteiger partial charge on any atom is 0.129 e. The van der Waals surface area contributed by atoms with E-state index in [1.54, 1.807) is 29.2 Å². The second-order valence-corrected chi connectivity index (χ2v) is 5.70. The van der Waals surface area contributed by atoms with Crippen LogP contribution in [-0.4, -0.2) is 10.1 Å². The smallest absolute Gasteiger partial charge is 0.129 e. The first-order valence-corrected chi connectivity index (χ1v) is 7.50. The van der Waals surface area contributed by atoms with Gasteiger partial charge in [0.25, 0.3) is 0 Å². The summed E-state index contributed by atoms with van der Waals surface area (Å²) in [5.41, 5.74) is 1.10. The van der Waals surface area contributed by atoms with Crippen molar-refractivity contribution in [2.75, 3.05) is 0 Å². The van der Waals surface area contributed by atoms with Gasteiger partial charge in [0.05, 0.1) is 10.7 Å². The van der Waals surface area contributed by atoms with Gasteiger partial charge in [-0.3, -0.25) is 0 Å². The van der Waals surface area contributed by atoms with E-state index in [4.69, 9.17) is 0 Å². The topological polar surface area (TPSA) is 33.1 Å². The van der Waals surface area contributed by atoms with Crippen LogP contribution < -0.4 is 0 Å². The third-order valence-electron chi connectivity index (χ3n) is 2.30. The second kappa shape index (κ2) is 6.07. The average Bonchev–Trinajstić information content (AvgIpc) is 2.76. The van der Waals surface area contributed by atoms with E-state index < -0.39 is 0 Å². The van der Waals surface area contributed by atoms with Crippen molar-refractivity contribution < 1.29 is 5.11 Å². The zero-order chi connectivity index (χ0) is 12.1. The van der Waals surface area contributed by atoms with Gasteiger partial charge in [0.2, 0.25) is 0 Å². The molecule has 2 aromatic rings. The standard InChI is InChI=1S/C13H15NOS2/c1-2-5-13-14-10(9-17-13)8-16-12-7-4-3-6-11(12)15/h3-4,6-7,9,15H,2,5,8H2,1H3. The van der Waals surface area contributed by atoms with Gasteiger partial charge in [0.15, 0.2) is 0 Å². The van der Waals surface area contributed by atoms with Crippen LogP contribution in [0.5, 0.6) is 5.75 Å². The molecule has 1 aromatic heterocycles. The van der Waals surface area contributed by atoms with Crippen LogP contribution in [0.25, 0.3) is 0 Å². The summed E-state index contributed by atoms with van der Waals surface area (Å²) in [6, 6.07) is 7.42. The molecule has 0 amide bonds. The Morgan fingerprint density at radius 3 is 2.94 bits per heavy atom. The van der Waals surface area contributed by atoms with Crippen LogP contribution in [0.3, 0.4) is 0 Å². The van der Waals surface area contributed by atoms with Crippen LogP contribution in [-0.2, 0) is 12.2 Å². The van der Waals surface area contributed by atoms with Gasteiger partial charge >= 0.3 is 0 Å². The minimum absolute atomic E-state index is 0.349. The molecule has 0 fully saturated rings. The Morgan fingerprint density at radius 2 is 2.18 bits per heavy atom. The number of hydrogen-bond acceptors (Lipinski definition) is 4. The van der Waals surface area contributed by atoms with E-state index in [1.807, 2.05) is 18.2 Å². The van der Waals surface area contributed by atoms with Gasteiger partial charge in [-0.15, -0.1) is 23.1 Å². The number of aryl methyl sites for hydroxylation is 1. The average molecular weight is 265 g/mol. The maximum absolute atomic E-state index is 9.64. The number of para-hydroxylation sites is 1. The molecule has 1 N–H and O–H groups in total. The molecule has 0 aliphatic rings. The van der Waals surface area contributed by atoms with Gasteiger partial charge in [0.1, 0.15) is 5.75 Å². The van der Waals surface area contributed by atoms with E-state index in [0.29, 0.717) is 5.75 Å². The number of aromatic hydroxyl groups is 1. The summed E-state index contributed by atoms with van der Waals surface area (Å²) in [7, 11) is 0. The first-order chi connectivity index (χ1) is 8.29. The molecule has 0 saturated heterocycles. The zero-order valence-corrected chi connectivity index (χ0v) is 11.4. The van der Waals surface area contributed by atoms with Crippen molar-refractivity contribution in [2.45, 2.75) is 30.4 Å². The number of phenolic OH excluding ortho intramolecular Hbond substituents is 1. The van der Waals surface area contributed by atoms with Crippen LogP contribution in [0.4, 0.5) is 0 Å². The molecule has 0 atom stereocenters. The maximum atomic E-state index is 9.64. The molecule has 2 nitrogen and oxygen atoms in total. The van der Waals surface area contributed by atoms with Crippen LogP contribution in [0.1, 0.15) is 24.0 Å². The lowest BCUT2D eigenvalue weighted by atomic mass is 10.3. The van der Waals surface area contributed by atoms with Crippen LogP contribution in [0.2, 0.25) is 0 Å². The summed E-state index contributed by atoms with van der Waals surface area (Å²) in [4.78, 5) is 5.48. The molecule has 17 heavy (non-hydrogen) atoms. The largest absolute Gasteiger partial charge is 0.507 e. The van der Waals surface area contributed by atoms with E-state index in [9.17, 15) is 5.11 Å². The summed E-state index contributed by atoms with van der Waals surface area (Å²) >= 11 is 3.35. The van der Waals surface area contributed by atoms with Crippen molar-refractivity contribution in [3.05, 3.63) is 40.3 Å². The summed E-state index contributed by atoms with van der Waals surface area (Å²) in [5.74, 6) is 1.17. The first kappa shape index (κ1) is 12.5. The summed E-state index contributed by atoms with van der Waals surface area (Å²) in [6.45, 7) is 2.16. The normalized spacial score (nSPS) is 10.6. The quantitative estimate of drug-likeness (QED) is 0.826. The highest BCUT2D eigenvalue weighted by atomic mass is 32.2. The van der Waals surface area contributed by atoms with E-state index in [-0.39, 0.29) is 0 Å². The van der Waals surface area contributed by atoms with Gasteiger partial charge < -0.3 is 5.11 Å². The number of phenols is 1. The minimum atomic E-state index is 0.349. The third kappa shape index (κ3) is 3.48. The molecular formula is C13H15NOS2. The molecule has 90 valence electrons. The summed E-state index contributed by atoms with van der Waals surface area (Å²) in [5, 5.41) is 13.0. The summed E-state index contributed by atoms with van der Waals surface area (Å²) in [6.07, 6.45) is 2.20. The Labute approximate surface area is 110 Å². The lowest BCUT2D eigenvalue weighted by Crippen LogP contribution is -1.84. The Balaban J connectivity index is 1.95. The second-order valence-electron chi connectivity index (χ2n) is 3.74. The fourth-order valence-electron chi connectivity index (χ4n) is 1.47. The van der Waals surface area contributed by atoms with E-state index in [1.165, 1.54) is 5.01 Å². The molecule has 0 spiro atoms. The Morgan fingerprint density at radius 1 is 1.35 bits per heavy atom. The number of thioether (sulfide) groups is 1. The number of rotatable bonds is 5. The molecule has 0 saturated carbocycles. The molecule has 0 radical (unpaired) electrons. The van der Waals surface area contributed by atoms with Gasteiger partial charge in [-0.05, 0) is 25.0 Å². The predicted octanol–water partition coefficient (Wildman–Crippen LogP) is 4.09. The number of benzene rings is 1. The number of thiazole rings is 1. The van der Waals surface area contributed by atoms with Crippen LogP contribution in [0.15, 0.2) is 34.5 Å². The Kier molecular flexibility index (Phi) is 4.45. The number of aromatic nitrogens is 1. The van der Waals surface area contributed by atoms with E-state index in [0.717, 1.165) is 29.2 Å². The van der Waals surface area contributed by atoms with Crippen molar-refractivity contribution in [1.82, 2.24) is 4.98 Å². The predicted molar refractivity (Wildman–Crippen MR) is 73.8 cm³/mol.